The van der Waals surface area contributed by atoms with E-state index in [0.29, 0.717) is 15.9 Å². The standard InChI is InChI=1S/C11H11BrClN3O3S/c1-16-11(8(13)6-14-16)20(17,18)15-9-5-7(12)3-4-10(9)19-2/h3-6,15H,1-2H3. The number of hydrogen-bond donors (Lipinski definition) is 1. The van der Waals surface area contributed by atoms with Crippen molar-refractivity contribution >= 4 is 43.2 Å². The highest BCUT2D eigenvalue weighted by atomic mass is 79.9. The van der Waals surface area contributed by atoms with Crippen molar-refractivity contribution < 1.29 is 13.2 Å². The molecule has 0 amide bonds. The molecule has 1 heterocycles. The van der Waals surface area contributed by atoms with Crippen molar-refractivity contribution in [2.45, 2.75) is 5.03 Å². The van der Waals surface area contributed by atoms with Gasteiger partial charge in [-0.3, -0.25) is 9.40 Å². The van der Waals surface area contributed by atoms with Gasteiger partial charge in [0.05, 0.1) is 24.0 Å². The Morgan fingerprint density at radius 2 is 2.15 bits per heavy atom. The molecule has 108 valence electrons. The lowest BCUT2D eigenvalue weighted by Crippen LogP contribution is -2.17. The third kappa shape index (κ3) is 2.92. The van der Waals surface area contributed by atoms with Crippen LogP contribution in [0.15, 0.2) is 33.9 Å². The maximum absolute atomic E-state index is 12.4. The summed E-state index contributed by atoms with van der Waals surface area (Å²) in [6.45, 7) is 0. The van der Waals surface area contributed by atoms with E-state index in [0.717, 1.165) is 0 Å². The molecule has 0 atom stereocenters. The van der Waals surface area contributed by atoms with Gasteiger partial charge < -0.3 is 4.74 Å². The Morgan fingerprint density at radius 3 is 2.70 bits per heavy atom. The van der Waals surface area contributed by atoms with Gasteiger partial charge in [0, 0.05) is 11.5 Å². The van der Waals surface area contributed by atoms with E-state index in [1.54, 1.807) is 18.2 Å². The fourth-order valence-corrected chi connectivity index (χ4v) is 3.74. The minimum Gasteiger partial charge on any atom is -0.495 e. The largest absolute Gasteiger partial charge is 0.495 e. The fourth-order valence-electron chi connectivity index (χ4n) is 1.65. The van der Waals surface area contributed by atoms with E-state index in [-0.39, 0.29) is 10.0 Å². The molecule has 20 heavy (non-hydrogen) atoms. The van der Waals surface area contributed by atoms with E-state index in [1.165, 1.54) is 25.0 Å². The van der Waals surface area contributed by atoms with Crippen molar-refractivity contribution in [1.29, 1.82) is 0 Å². The third-order valence-electron chi connectivity index (χ3n) is 2.50. The van der Waals surface area contributed by atoms with Crippen LogP contribution in [0.2, 0.25) is 5.02 Å². The molecule has 1 aromatic carbocycles. The number of benzene rings is 1. The number of sulfonamides is 1. The predicted octanol–water partition coefficient (Wildman–Crippen LogP) is 2.65. The van der Waals surface area contributed by atoms with Crippen LogP contribution in [0.3, 0.4) is 0 Å². The highest BCUT2D eigenvalue weighted by Crippen LogP contribution is 2.31. The van der Waals surface area contributed by atoms with Crippen LogP contribution in [-0.4, -0.2) is 25.3 Å². The van der Waals surface area contributed by atoms with Crippen molar-refractivity contribution in [2.75, 3.05) is 11.8 Å². The fraction of sp³-hybridized carbons (Fsp3) is 0.182. The summed E-state index contributed by atoms with van der Waals surface area (Å²) in [6.07, 6.45) is 1.27. The number of rotatable bonds is 4. The molecule has 0 spiro atoms. The number of methoxy groups -OCH3 is 1. The van der Waals surface area contributed by atoms with Crippen LogP contribution < -0.4 is 9.46 Å². The molecule has 0 aliphatic heterocycles. The highest BCUT2D eigenvalue weighted by Gasteiger charge is 2.24. The predicted molar refractivity (Wildman–Crippen MR) is 79.7 cm³/mol. The number of ether oxygens (including phenoxy) is 1. The molecular weight excluding hydrogens is 370 g/mol. The first-order valence-electron chi connectivity index (χ1n) is 5.39. The van der Waals surface area contributed by atoms with Crippen molar-refractivity contribution in [3.8, 4) is 5.75 Å². The van der Waals surface area contributed by atoms with E-state index in [9.17, 15) is 8.42 Å². The van der Waals surface area contributed by atoms with E-state index in [2.05, 4.69) is 25.8 Å². The average Bonchev–Trinajstić information content (AvgIpc) is 2.69. The maximum Gasteiger partial charge on any atom is 0.280 e. The lowest BCUT2D eigenvalue weighted by molar-refractivity contribution is 0.417. The molecule has 0 aliphatic carbocycles. The zero-order chi connectivity index (χ0) is 14.9. The highest BCUT2D eigenvalue weighted by molar-refractivity contribution is 9.10. The zero-order valence-corrected chi connectivity index (χ0v) is 13.8. The number of aryl methyl sites for hydroxylation is 1. The van der Waals surface area contributed by atoms with E-state index in [1.807, 2.05) is 0 Å². The van der Waals surface area contributed by atoms with Gasteiger partial charge in [-0.15, -0.1) is 0 Å². The molecule has 0 fully saturated rings. The summed E-state index contributed by atoms with van der Waals surface area (Å²) >= 11 is 9.13. The number of halogens is 2. The topological polar surface area (TPSA) is 73.2 Å². The zero-order valence-electron chi connectivity index (χ0n) is 10.6. The third-order valence-corrected chi connectivity index (χ3v) is 4.87. The number of nitrogens with one attached hydrogen (secondary N) is 1. The van der Waals surface area contributed by atoms with E-state index < -0.39 is 10.0 Å². The Kier molecular flexibility index (Phi) is 4.26. The van der Waals surface area contributed by atoms with Gasteiger partial charge in [-0.1, -0.05) is 27.5 Å². The van der Waals surface area contributed by atoms with Crippen molar-refractivity contribution in [2.24, 2.45) is 7.05 Å². The average molecular weight is 381 g/mol. The molecule has 0 unspecified atom stereocenters. The van der Waals surface area contributed by atoms with Gasteiger partial charge in [0.2, 0.25) is 0 Å². The maximum atomic E-state index is 12.4. The van der Waals surface area contributed by atoms with Crippen LogP contribution in [0.25, 0.3) is 0 Å². The van der Waals surface area contributed by atoms with Crippen molar-refractivity contribution in [3.05, 3.63) is 33.9 Å². The number of nitrogens with zero attached hydrogens (tertiary/aromatic N) is 2. The molecule has 1 aromatic heterocycles. The molecule has 9 heteroatoms. The Balaban J connectivity index is 2.46. The summed E-state index contributed by atoms with van der Waals surface area (Å²) in [5.41, 5.74) is 0.305. The van der Waals surface area contributed by atoms with Crippen LogP contribution in [-0.2, 0) is 17.1 Å². The van der Waals surface area contributed by atoms with Crippen LogP contribution in [0.5, 0.6) is 5.75 Å². The molecule has 2 rings (SSSR count). The van der Waals surface area contributed by atoms with Crippen LogP contribution in [0.1, 0.15) is 0 Å². The van der Waals surface area contributed by atoms with Crippen LogP contribution in [0.4, 0.5) is 5.69 Å². The SMILES string of the molecule is COc1ccc(Br)cc1NS(=O)(=O)c1c(Cl)cnn1C. The first kappa shape index (κ1) is 15.1. The summed E-state index contributed by atoms with van der Waals surface area (Å²) in [6, 6.07) is 4.99. The molecule has 1 N–H and O–H groups in total. The normalized spacial score (nSPS) is 11.4. The van der Waals surface area contributed by atoms with Gasteiger partial charge >= 0.3 is 0 Å². The second kappa shape index (κ2) is 5.63. The summed E-state index contributed by atoms with van der Waals surface area (Å²) in [4.78, 5) is 0. The number of aromatic nitrogens is 2. The first-order chi connectivity index (χ1) is 9.35. The lowest BCUT2D eigenvalue weighted by atomic mass is 10.3. The van der Waals surface area contributed by atoms with E-state index >= 15 is 0 Å². The Labute approximate surface area is 129 Å². The molecule has 0 saturated heterocycles. The monoisotopic (exact) mass is 379 g/mol. The minimum absolute atomic E-state index is 0.0500. The molecule has 2 aromatic rings. The second-order valence-corrected chi connectivity index (χ2v) is 6.79. The van der Waals surface area contributed by atoms with Gasteiger partial charge in [-0.2, -0.15) is 13.5 Å². The van der Waals surface area contributed by atoms with Gasteiger partial charge in [0.25, 0.3) is 10.0 Å². The number of hydrogen-bond acceptors (Lipinski definition) is 4. The van der Waals surface area contributed by atoms with Gasteiger partial charge in [-0.25, -0.2) is 0 Å². The molecule has 0 saturated carbocycles. The van der Waals surface area contributed by atoms with Crippen LogP contribution >= 0.6 is 27.5 Å². The Morgan fingerprint density at radius 1 is 1.45 bits per heavy atom. The summed E-state index contributed by atoms with van der Waals surface area (Å²) < 4.78 is 34.2. The van der Waals surface area contributed by atoms with E-state index in [4.69, 9.17) is 16.3 Å². The molecule has 6 nitrogen and oxygen atoms in total. The van der Waals surface area contributed by atoms with Gasteiger partial charge in [0.15, 0.2) is 5.03 Å². The Bertz CT molecular complexity index is 726. The van der Waals surface area contributed by atoms with Crippen molar-refractivity contribution in [1.82, 2.24) is 9.78 Å². The van der Waals surface area contributed by atoms with Crippen molar-refractivity contribution in [3.63, 3.8) is 0 Å². The van der Waals surface area contributed by atoms with Gasteiger partial charge in [0.1, 0.15) is 5.75 Å². The first-order valence-corrected chi connectivity index (χ1v) is 8.04. The van der Waals surface area contributed by atoms with Gasteiger partial charge in [-0.05, 0) is 18.2 Å². The molecule has 0 radical (unpaired) electrons. The minimum atomic E-state index is -3.86. The summed E-state index contributed by atoms with van der Waals surface area (Å²) in [5, 5.41) is 3.75. The quantitative estimate of drug-likeness (QED) is 0.885. The molecular formula is C11H11BrClN3O3S. The smallest absolute Gasteiger partial charge is 0.280 e. The lowest BCUT2D eigenvalue weighted by Gasteiger charge is -2.12. The molecule has 0 bridgehead atoms. The second-order valence-electron chi connectivity index (χ2n) is 3.87. The molecule has 0 aliphatic rings. The number of anilines is 1. The Hall–Kier alpha value is -1.25. The summed E-state index contributed by atoms with van der Waals surface area (Å²) in [7, 11) is -0.908. The van der Waals surface area contributed by atoms with Crippen LogP contribution in [0, 0.1) is 0 Å². The summed E-state index contributed by atoms with van der Waals surface area (Å²) in [5.74, 6) is 0.398.